The molecular weight excluding hydrogens is 280 g/mol. The van der Waals surface area contributed by atoms with Gasteiger partial charge in [0.25, 0.3) is 0 Å². The minimum atomic E-state index is 0.354. The van der Waals surface area contributed by atoms with Crippen molar-refractivity contribution in [2.45, 2.75) is 32.7 Å². The van der Waals surface area contributed by atoms with E-state index in [0.717, 1.165) is 22.5 Å². The van der Waals surface area contributed by atoms with Gasteiger partial charge in [0.2, 0.25) is 0 Å². The molecule has 21 heavy (non-hydrogen) atoms. The van der Waals surface area contributed by atoms with E-state index in [1.165, 1.54) is 11.1 Å². The first-order chi connectivity index (χ1) is 10.1. The van der Waals surface area contributed by atoms with Crippen LogP contribution in [0.2, 0.25) is 0 Å². The Kier molecular flexibility index (Phi) is 3.73. The van der Waals surface area contributed by atoms with Gasteiger partial charge in [-0.3, -0.25) is 0 Å². The molecule has 3 rings (SSSR count). The van der Waals surface area contributed by atoms with E-state index in [9.17, 15) is 0 Å². The van der Waals surface area contributed by atoms with Gasteiger partial charge in [-0.1, -0.05) is 24.3 Å². The van der Waals surface area contributed by atoms with Gasteiger partial charge in [-0.2, -0.15) is 0 Å². The van der Waals surface area contributed by atoms with Gasteiger partial charge in [0.05, 0.1) is 11.0 Å². The lowest BCUT2D eigenvalue weighted by Gasteiger charge is -2.13. The quantitative estimate of drug-likeness (QED) is 0.597. The van der Waals surface area contributed by atoms with Gasteiger partial charge in [-0.15, -0.1) is 11.6 Å². The molecule has 1 heterocycles. The number of nitrogens with zero attached hydrogens (tertiary/aromatic N) is 2. The number of aromatic nitrogens is 2. The Morgan fingerprint density at radius 2 is 1.95 bits per heavy atom. The summed E-state index contributed by atoms with van der Waals surface area (Å²) in [5, 5.41) is 0. The van der Waals surface area contributed by atoms with E-state index >= 15 is 0 Å². The Morgan fingerprint density at radius 3 is 2.67 bits per heavy atom. The molecule has 0 aliphatic carbocycles. The maximum atomic E-state index is 5.96. The van der Waals surface area contributed by atoms with E-state index in [0.29, 0.717) is 11.9 Å². The average molecular weight is 299 g/mol. The molecule has 0 atom stereocenters. The van der Waals surface area contributed by atoms with Crippen LogP contribution >= 0.6 is 11.6 Å². The minimum absolute atomic E-state index is 0.354. The van der Waals surface area contributed by atoms with Crippen molar-refractivity contribution in [3.05, 3.63) is 53.6 Å². The highest BCUT2D eigenvalue weighted by atomic mass is 35.5. The number of aryl methyl sites for hydroxylation is 1. The fourth-order valence-corrected chi connectivity index (χ4v) is 2.89. The third-order valence-electron chi connectivity index (χ3n) is 3.70. The van der Waals surface area contributed by atoms with Crippen LogP contribution in [0.15, 0.2) is 42.5 Å². The molecule has 2 aromatic carbocycles. The second-order valence-corrected chi connectivity index (χ2v) is 5.99. The summed E-state index contributed by atoms with van der Waals surface area (Å²) in [5.41, 5.74) is 5.71. The Morgan fingerprint density at radius 1 is 1.14 bits per heavy atom. The first kappa shape index (κ1) is 14.2. The highest BCUT2D eigenvalue weighted by Crippen LogP contribution is 2.29. The number of benzene rings is 2. The van der Waals surface area contributed by atoms with Crippen LogP contribution in [-0.2, 0) is 5.88 Å². The van der Waals surface area contributed by atoms with E-state index in [1.54, 1.807) is 0 Å². The monoisotopic (exact) mass is 298 g/mol. The lowest BCUT2D eigenvalue weighted by atomic mass is 10.1. The fraction of sp³-hybridized carbons (Fsp3) is 0.278. The molecule has 0 bridgehead atoms. The van der Waals surface area contributed by atoms with Gasteiger partial charge >= 0.3 is 0 Å². The molecule has 1 aromatic heterocycles. The van der Waals surface area contributed by atoms with Crippen molar-refractivity contribution in [2.24, 2.45) is 0 Å². The van der Waals surface area contributed by atoms with Gasteiger partial charge in [0, 0.05) is 17.5 Å². The van der Waals surface area contributed by atoms with Crippen molar-refractivity contribution in [1.29, 1.82) is 0 Å². The molecule has 0 aliphatic rings. The third-order valence-corrected chi connectivity index (χ3v) is 4.01. The first-order valence-corrected chi connectivity index (χ1v) is 7.77. The molecule has 0 radical (unpaired) electrons. The summed E-state index contributed by atoms with van der Waals surface area (Å²) in [6.45, 7) is 6.48. The normalized spacial score (nSPS) is 11.5. The molecule has 0 saturated heterocycles. The maximum Gasteiger partial charge on any atom is 0.141 e. The van der Waals surface area contributed by atoms with Crippen LogP contribution in [-0.4, -0.2) is 9.55 Å². The van der Waals surface area contributed by atoms with Crippen LogP contribution in [0.25, 0.3) is 22.4 Å². The van der Waals surface area contributed by atoms with Crippen molar-refractivity contribution >= 4 is 22.6 Å². The molecule has 3 aromatic rings. The highest BCUT2D eigenvalue weighted by Gasteiger charge is 2.15. The second-order valence-electron chi connectivity index (χ2n) is 5.73. The molecule has 3 heteroatoms. The van der Waals surface area contributed by atoms with Crippen molar-refractivity contribution in [3.63, 3.8) is 0 Å². The molecule has 0 spiro atoms. The zero-order valence-corrected chi connectivity index (χ0v) is 13.4. The standard InChI is InChI=1S/C18H19ClN2/c1-12(2)21-17-8-7-13(3)9-16(17)20-18(21)15-6-4-5-14(10-15)11-19/h4-10,12H,11H2,1-3H3. The van der Waals surface area contributed by atoms with Crippen molar-refractivity contribution in [3.8, 4) is 11.4 Å². The van der Waals surface area contributed by atoms with E-state index in [-0.39, 0.29) is 0 Å². The molecule has 0 aliphatic heterocycles. The smallest absolute Gasteiger partial charge is 0.141 e. The van der Waals surface area contributed by atoms with Gasteiger partial charge in [0.1, 0.15) is 5.82 Å². The Bertz CT molecular complexity index is 787. The largest absolute Gasteiger partial charge is 0.321 e. The minimum Gasteiger partial charge on any atom is -0.321 e. The van der Waals surface area contributed by atoms with Crippen LogP contribution in [0, 0.1) is 6.92 Å². The summed E-state index contributed by atoms with van der Waals surface area (Å²) in [7, 11) is 0. The number of rotatable bonds is 3. The summed E-state index contributed by atoms with van der Waals surface area (Å²) in [6, 6.07) is 15.1. The van der Waals surface area contributed by atoms with Gasteiger partial charge in [-0.25, -0.2) is 4.98 Å². The van der Waals surface area contributed by atoms with Crippen LogP contribution in [0.5, 0.6) is 0 Å². The first-order valence-electron chi connectivity index (χ1n) is 7.24. The second kappa shape index (κ2) is 5.53. The van der Waals surface area contributed by atoms with Gasteiger partial charge < -0.3 is 4.57 Å². The van der Waals surface area contributed by atoms with E-state index in [4.69, 9.17) is 16.6 Å². The Balaban J connectivity index is 2.27. The van der Waals surface area contributed by atoms with Crippen LogP contribution in [0.4, 0.5) is 0 Å². The molecule has 0 fully saturated rings. The molecule has 0 N–H and O–H groups in total. The van der Waals surface area contributed by atoms with E-state index < -0.39 is 0 Å². The number of fused-ring (bicyclic) bond motifs is 1. The maximum absolute atomic E-state index is 5.96. The third kappa shape index (κ3) is 2.56. The molecule has 0 unspecified atom stereocenters. The summed E-state index contributed by atoms with van der Waals surface area (Å²) in [4.78, 5) is 4.86. The summed E-state index contributed by atoms with van der Waals surface area (Å²) >= 11 is 5.96. The number of hydrogen-bond donors (Lipinski definition) is 0. The van der Waals surface area contributed by atoms with E-state index in [1.807, 2.05) is 12.1 Å². The van der Waals surface area contributed by atoms with Gasteiger partial charge in [-0.05, 0) is 50.1 Å². The number of halogens is 1. The molecule has 0 amide bonds. The van der Waals surface area contributed by atoms with Crippen LogP contribution < -0.4 is 0 Å². The number of imidazole rings is 1. The zero-order valence-electron chi connectivity index (χ0n) is 12.6. The lowest BCUT2D eigenvalue weighted by molar-refractivity contribution is 0.624. The summed E-state index contributed by atoms with van der Waals surface area (Å²) in [5.74, 6) is 1.53. The van der Waals surface area contributed by atoms with Crippen LogP contribution in [0.1, 0.15) is 31.0 Å². The average Bonchev–Trinajstić information content (AvgIpc) is 2.85. The topological polar surface area (TPSA) is 17.8 Å². The predicted molar refractivity (Wildman–Crippen MR) is 89.8 cm³/mol. The predicted octanol–water partition coefficient (Wildman–Crippen LogP) is 5.33. The molecule has 0 saturated carbocycles. The zero-order chi connectivity index (χ0) is 15.0. The van der Waals surface area contributed by atoms with E-state index in [2.05, 4.69) is 55.7 Å². The summed E-state index contributed by atoms with van der Waals surface area (Å²) < 4.78 is 2.29. The van der Waals surface area contributed by atoms with Crippen molar-refractivity contribution in [2.75, 3.05) is 0 Å². The Hall–Kier alpha value is -1.80. The van der Waals surface area contributed by atoms with Crippen molar-refractivity contribution in [1.82, 2.24) is 9.55 Å². The lowest BCUT2D eigenvalue weighted by Crippen LogP contribution is -2.03. The Labute approximate surface area is 130 Å². The van der Waals surface area contributed by atoms with Gasteiger partial charge in [0.15, 0.2) is 0 Å². The van der Waals surface area contributed by atoms with Crippen LogP contribution in [0.3, 0.4) is 0 Å². The SMILES string of the molecule is Cc1ccc2c(c1)nc(-c1cccc(CCl)c1)n2C(C)C. The molecule has 108 valence electrons. The van der Waals surface area contributed by atoms with Crippen molar-refractivity contribution < 1.29 is 0 Å². The number of hydrogen-bond acceptors (Lipinski definition) is 1. The summed E-state index contributed by atoms with van der Waals surface area (Å²) in [6.07, 6.45) is 0. The molecule has 2 nitrogen and oxygen atoms in total. The fourth-order valence-electron chi connectivity index (χ4n) is 2.73. The highest BCUT2D eigenvalue weighted by molar-refractivity contribution is 6.17. The molecular formula is C18H19ClN2. The number of alkyl halides is 1.